The van der Waals surface area contributed by atoms with Crippen molar-refractivity contribution in [1.82, 2.24) is 0 Å². The van der Waals surface area contributed by atoms with E-state index in [1.807, 2.05) is 0 Å². The van der Waals surface area contributed by atoms with Crippen molar-refractivity contribution in [3.8, 4) is 5.75 Å². The fourth-order valence-corrected chi connectivity index (χ4v) is 1.55. The van der Waals surface area contributed by atoms with Crippen LogP contribution in [0.4, 0.5) is 26.3 Å². The number of alkyl halides is 6. The van der Waals surface area contributed by atoms with Crippen LogP contribution in [0.1, 0.15) is 23.6 Å². The number of rotatable bonds is 3. The van der Waals surface area contributed by atoms with Crippen molar-refractivity contribution < 1.29 is 31.1 Å². The SMILES string of the molecule is COc1cc(C(F)(F)F)ccc1[C@H](N)CC(F)(F)F. The second kappa shape index (κ2) is 5.28. The summed E-state index contributed by atoms with van der Waals surface area (Å²) in [5, 5.41) is 0. The highest BCUT2D eigenvalue weighted by molar-refractivity contribution is 5.40. The van der Waals surface area contributed by atoms with Crippen molar-refractivity contribution in [1.29, 1.82) is 0 Å². The van der Waals surface area contributed by atoms with Crippen LogP contribution in [0.25, 0.3) is 0 Å². The van der Waals surface area contributed by atoms with Crippen LogP contribution in [0.2, 0.25) is 0 Å². The zero-order chi connectivity index (χ0) is 14.8. The van der Waals surface area contributed by atoms with E-state index in [2.05, 4.69) is 4.74 Å². The van der Waals surface area contributed by atoms with Crippen molar-refractivity contribution in [2.75, 3.05) is 7.11 Å². The molecule has 0 bridgehead atoms. The summed E-state index contributed by atoms with van der Waals surface area (Å²) in [5.74, 6) is -0.313. The zero-order valence-electron chi connectivity index (χ0n) is 9.77. The molecule has 19 heavy (non-hydrogen) atoms. The highest BCUT2D eigenvalue weighted by atomic mass is 19.4. The second-order valence-electron chi connectivity index (χ2n) is 3.88. The molecule has 1 rings (SSSR count). The van der Waals surface area contributed by atoms with Crippen LogP contribution < -0.4 is 10.5 Å². The van der Waals surface area contributed by atoms with E-state index in [1.165, 1.54) is 0 Å². The van der Waals surface area contributed by atoms with Gasteiger partial charge in [0.15, 0.2) is 0 Å². The molecule has 8 heteroatoms. The van der Waals surface area contributed by atoms with Gasteiger partial charge >= 0.3 is 12.4 Å². The molecule has 2 N–H and O–H groups in total. The summed E-state index contributed by atoms with van der Waals surface area (Å²) in [6, 6.07) is 0.731. The van der Waals surface area contributed by atoms with Crippen LogP contribution in [0.5, 0.6) is 5.75 Å². The summed E-state index contributed by atoms with van der Waals surface area (Å²) >= 11 is 0. The number of methoxy groups -OCH3 is 1. The predicted molar refractivity (Wildman–Crippen MR) is 55.6 cm³/mol. The molecule has 0 aromatic heterocycles. The van der Waals surface area contributed by atoms with Gasteiger partial charge < -0.3 is 10.5 Å². The molecule has 0 aliphatic carbocycles. The molecule has 1 aromatic carbocycles. The average molecular weight is 287 g/mol. The Morgan fingerprint density at radius 3 is 2.16 bits per heavy atom. The normalized spacial score (nSPS) is 14.3. The molecule has 0 radical (unpaired) electrons. The molecule has 1 aromatic rings. The zero-order valence-corrected chi connectivity index (χ0v) is 9.77. The third-order valence-corrected chi connectivity index (χ3v) is 2.41. The van der Waals surface area contributed by atoms with E-state index in [0.717, 1.165) is 13.2 Å². The predicted octanol–water partition coefficient (Wildman–Crippen LogP) is 3.67. The van der Waals surface area contributed by atoms with E-state index in [9.17, 15) is 26.3 Å². The second-order valence-corrected chi connectivity index (χ2v) is 3.88. The van der Waals surface area contributed by atoms with Crippen LogP contribution >= 0.6 is 0 Å². The van der Waals surface area contributed by atoms with Crippen LogP contribution in [0.3, 0.4) is 0 Å². The minimum atomic E-state index is -4.60. The number of ether oxygens (including phenoxy) is 1. The summed E-state index contributed by atoms with van der Waals surface area (Å²) in [5.41, 5.74) is 4.21. The minimum Gasteiger partial charge on any atom is -0.496 e. The van der Waals surface area contributed by atoms with Crippen molar-refractivity contribution in [2.45, 2.75) is 24.8 Å². The Balaban J connectivity index is 3.09. The fourth-order valence-electron chi connectivity index (χ4n) is 1.55. The Bertz CT molecular complexity index is 440. The van der Waals surface area contributed by atoms with Crippen molar-refractivity contribution >= 4 is 0 Å². The summed E-state index contributed by atoms with van der Waals surface area (Å²) in [6.07, 6.45) is -10.4. The standard InChI is InChI=1S/C11H11F6NO/c1-19-9-4-6(11(15,16)17)2-3-7(9)8(18)5-10(12,13)14/h2-4,8H,5,18H2,1H3/t8-/m1/s1. The molecule has 108 valence electrons. The van der Waals surface area contributed by atoms with Gasteiger partial charge in [-0.3, -0.25) is 0 Å². The number of nitrogens with two attached hydrogens (primary N) is 1. The Morgan fingerprint density at radius 1 is 1.16 bits per heavy atom. The Hall–Kier alpha value is -1.44. The summed E-state index contributed by atoms with van der Waals surface area (Å²) in [6.45, 7) is 0. The Kier molecular flexibility index (Phi) is 4.34. The summed E-state index contributed by atoms with van der Waals surface area (Å²) < 4.78 is 78.6. The van der Waals surface area contributed by atoms with Gasteiger partial charge in [-0.1, -0.05) is 6.07 Å². The molecule has 0 unspecified atom stereocenters. The number of halogens is 6. The Labute approximate surface area is 105 Å². The lowest BCUT2D eigenvalue weighted by Gasteiger charge is -2.18. The number of benzene rings is 1. The van der Waals surface area contributed by atoms with Crippen LogP contribution in [-0.2, 0) is 6.18 Å². The van der Waals surface area contributed by atoms with Gasteiger partial charge in [0.05, 0.1) is 19.1 Å². The average Bonchev–Trinajstić information content (AvgIpc) is 2.24. The molecule has 2 nitrogen and oxygen atoms in total. The fraction of sp³-hybridized carbons (Fsp3) is 0.455. The van der Waals surface area contributed by atoms with E-state index in [1.54, 1.807) is 0 Å². The third kappa shape index (κ3) is 4.30. The molecule has 0 heterocycles. The first-order chi connectivity index (χ1) is 8.54. The minimum absolute atomic E-state index is 0.118. The molecular formula is C11H11F6NO. The molecule has 0 amide bonds. The molecular weight excluding hydrogens is 276 g/mol. The molecule has 1 atom stereocenters. The quantitative estimate of drug-likeness (QED) is 0.861. The molecule has 0 saturated carbocycles. The number of hydrogen-bond acceptors (Lipinski definition) is 2. The monoisotopic (exact) mass is 287 g/mol. The lowest BCUT2D eigenvalue weighted by Crippen LogP contribution is -2.21. The lowest BCUT2D eigenvalue weighted by atomic mass is 10.0. The summed E-state index contributed by atoms with van der Waals surface area (Å²) in [7, 11) is 1.07. The van der Waals surface area contributed by atoms with Gasteiger partial charge in [-0.25, -0.2) is 0 Å². The topological polar surface area (TPSA) is 35.2 Å². The van der Waals surface area contributed by atoms with E-state index in [4.69, 9.17) is 5.73 Å². The van der Waals surface area contributed by atoms with Gasteiger partial charge in [-0.05, 0) is 12.1 Å². The van der Waals surface area contributed by atoms with E-state index in [0.29, 0.717) is 12.1 Å². The molecule has 0 saturated heterocycles. The van der Waals surface area contributed by atoms with Gasteiger partial charge in [0, 0.05) is 11.6 Å². The third-order valence-electron chi connectivity index (χ3n) is 2.41. The van der Waals surface area contributed by atoms with Gasteiger partial charge in [0.1, 0.15) is 5.75 Å². The summed E-state index contributed by atoms with van der Waals surface area (Å²) in [4.78, 5) is 0. The molecule has 0 aliphatic heterocycles. The van der Waals surface area contributed by atoms with Gasteiger partial charge in [-0.15, -0.1) is 0 Å². The molecule has 0 aliphatic rings. The smallest absolute Gasteiger partial charge is 0.416 e. The van der Waals surface area contributed by atoms with Crippen LogP contribution in [0.15, 0.2) is 18.2 Å². The van der Waals surface area contributed by atoms with Crippen LogP contribution in [-0.4, -0.2) is 13.3 Å². The maximum absolute atomic E-state index is 12.4. The first-order valence-corrected chi connectivity index (χ1v) is 5.12. The van der Waals surface area contributed by atoms with Crippen molar-refractivity contribution in [2.24, 2.45) is 5.73 Å². The first-order valence-electron chi connectivity index (χ1n) is 5.12. The number of hydrogen-bond donors (Lipinski definition) is 1. The van der Waals surface area contributed by atoms with E-state index >= 15 is 0 Å². The van der Waals surface area contributed by atoms with E-state index < -0.39 is 30.4 Å². The molecule has 0 fully saturated rings. The maximum Gasteiger partial charge on any atom is 0.416 e. The highest BCUT2D eigenvalue weighted by Crippen LogP contribution is 2.37. The van der Waals surface area contributed by atoms with Crippen molar-refractivity contribution in [3.05, 3.63) is 29.3 Å². The maximum atomic E-state index is 12.4. The van der Waals surface area contributed by atoms with Crippen LogP contribution in [0, 0.1) is 0 Å². The largest absolute Gasteiger partial charge is 0.496 e. The molecule has 0 spiro atoms. The van der Waals surface area contributed by atoms with E-state index in [-0.39, 0.29) is 11.3 Å². The van der Waals surface area contributed by atoms with Gasteiger partial charge in [0.2, 0.25) is 0 Å². The van der Waals surface area contributed by atoms with Gasteiger partial charge in [0.25, 0.3) is 0 Å². The van der Waals surface area contributed by atoms with Crippen molar-refractivity contribution in [3.63, 3.8) is 0 Å². The highest BCUT2D eigenvalue weighted by Gasteiger charge is 2.34. The Morgan fingerprint density at radius 2 is 1.74 bits per heavy atom. The first kappa shape index (κ1) is 15.6. The van der Waals surface area contributed by atoms with Gasteiger partial charge in [-0.2, -0.15) is 26.3 Å². The lowest BCUT2D eigenvalue weighted by molar-refractivity contribution is -0.139.